The molecule has 27 heavy (non-hydrogen) atoms. The zero-order chi connectivity index (χ0) is 20.0. The molecule has 142 valence electrons. The maximum absolute atomic E-state index is 14.2. The van der Waals surface area contributed by atoms with Gasteiger partial charge in [0.1, 0.15) is 11.9 Å². The maximum Gasteiger partial charge on any atom is 0.248 e. The topological polar surface area (TPSA) is 90.3 Å². The van der Waals surface area contributed by atoms with Gasteiger partial charge >= 0.3 is 0 Å². The highest BCUT2D eigenvalue weighted by atomic mass is 32.2. The number of nitriles is 1. The first-order valence-electron chi connectivity index (χ1n) is 8.28. The van der Waals surface area contributed by atoms with Crippen LogP contribution in [0.1, 0.15) is 18.9 Å². The predicted molar refractivity (Wildman–Crippen MR) is 102 cm³/mol. The number of anilines is 2. The number of carbonyl (C=O) groups excluding carboxylic acids is 1. The van der Waals surface area contributed by atoms with Crippen LogP contribution in [0.15, 0.2) is 48.5 Å². The molecule has 0 saturated heterocycles. The van der Waals surface area contributed by atoms with Crippen molar-refractivity contribution in [2.24, 2.45) is 0 Å². The molecule has 0 aromatic heterocycles. The molecule has 1 atom stereocenters. The first-order chi connectivity index (χ1) is 12.8. The van der Waals surface area contributed by atoms with E-state index in [0.717, 1.165) is 22.2 Å². The molecular weight excluding hydrogens is 369 g/mol. The van der Waals surface area contributed by atoms with Gasteiger partial charge in [-0.25, -0.2) is 12.8 Å². The number of nitrogens with zero attached hydrogens (tertiary/aromatic N) is 2. The van der Waals surface area contributed by atoms with Gasteiger partial charge in [0.25, 0.3) is 0 Å². The van der Waals surface area contributed by atoms with Gasteiger partial charge in [0.2, 0.25) is 15.9 Å². The highest BCUT2D eigenvalue weighted by molar-refractivity contribution is 7.92. The van der Waals surface area contributed by atoms with E-state index in [0.29, 0.717) is 5.69 Å². The Balaban J connectivity index is 2.32. The van der Waals surface area contributed by atoms with Gasteiger partial charge in [0.05, 0.1) is 24.4 Å². The Kier molecular flexibility index (Phi) is 6.53. The molecule has 2 rings (SSSR count). The first-order valence-corrected chi connectivity index (χ1v) is 10.1. The lowest BCUT2D eigenvalue weighted by Crippen LogP contribution is -2.47. The van der Waals surface area contributed by atoms with Gasteiger partial charge in [-0.2, -0.15) is 5.26 Å². The van der Waals surface area contributed by atoms with Crippen molar-refractivity contribution in [1.82, 2.24) is 0 Å². The van der Waals surface area contributed by atoms with E-state index in [1.807, 2.05) is 6.07 Å². The Morgan fingerprint density at radius 2 is 1.85 bits per heavy atom. The summed E-state index contributed by atoms with van der Waals surface area (Å²) in [4.78, 5) is 12.7. The number of carbonyl (C=O) groups is 1. The van der Waals surface area contributed by atoms with Crippen LogP contribution in [-0.2, 0) is 21.2 Å². The van der Waals surface area contributed by atoms with Crippen LogP contribution in [0.2, 0.25) is 0 Å². The lowest BCUT2D eigenvalue weighted by molar-refractivity contribution is -0.117. The predicted octanol–water partition coefficient (Wildman–Crippen LogP) is 3.08. The number of benzene rings is 2. The number of hydrogen-bond acceptors (Lipinski definition) is 4. The zero-order valence-corrected chi connectivity index (χ0v) is 15.8. The molecule has 0 fully saturated rings. The maximum atomic E-state index is 14.2. The fourth-order valence-electron chi connectivity index (χ4n) is 2.69. The number of amides is 1. The Labute approximate surface area is 158 Å². The second-order valence-corrected chi connectivity index (χ2v) is 7.81. The van der Waals surface area contributed by atoms with E-state index in [4.69, 9.17) is 5.26 Å². The minimum Gasteiger partial charge on any atom is -0.324 e. The number of nitrogens with one attached hydrogen (secondary N) is 1. The van der Waals surface area contributed by atoms with Gasteiger partial charge in [0.15, 0.2) is 0 Å². The minimum absolute atomic E-state index is 0.153. The van der Waals surface area contributed by atoms with Crippen molar-refractivity contribution in [3.8, 4) is 6.07 Å². The molecule has 2 aromatic rings. The molecule has 0 unspecified atom stereocenters. The van der Waals surface area contributed by atoms with Crippen molar-refractivity contribution in [2.45, 2.75) is 25.8 Å². The summed E-state index contributed by atoms with van der Waals surface area (Å²) < 4.78 is 39.6. The van der Waals surface area contributed by atoms with Gasteiger partial charge < -0.3 is 5.32 Å². The van der Waals surface area contributed by atoms with Crippen molar-refractivity contribution in [3.05, 3.63) is 59.9 Å². The summed E-state index contributed by atoms with van der Waals surface area (Å²) in [5, 5.41) is 11.3. The standard InChI is InChI=1S/C19H20FN3O3S/c1-3-17(19(24)22-15-10-8-14(9-11-15)12-13-21)23(27(2,25)26)18-7-5-4-6-16(18)20/h4-11,17H,3,12H2,1-2H3,(H,22,24)/t17-/m0/s1. The Morgan fingerprint density at radius 1 is 1.22 bits per heavy atom. The molecule has 0 heterocycles. The van der Waals surface area contributed by atoms with Gasteiger partial charge in [-0.1, -0.05) is 31.2 Å². The van der Waals surface area contributed by atoms with Crippen LogP contribution in [0, 0.1) is 17.1 Å². The first kappa shape index (κ1) is 20.4. The molecule has 0 spiro atoms. The summed E-state index contributed by atoms with van der Waals surface area (Å²) in [5.74, 6) is -1.30. The molecule has 8 heteroatoms. The van der Waals surface area contributed by atoms with Crippen LogP contribution in [0.5, 0.6) is 0 Å². The van der Waals surface area contributed by atoms with Gasteiger partial charge in [-0.05, 0) is 36.2 Å². The normalized spacial score (nSPS) is 12.1. The Morgan fingerprint density at radius 3 is 2.37 bits per heavy atom. The third-order valence-corrected chi connectivity index (χ3v) is 5.09. The van der Waals surface area contributed by atoms with E-state index in [-0.39, 0.29) is 18.5 Å². The number of para-hydroxylation sites is 1. The number of halogens is 1. The third-order valence-electron chi connectivity index (χ3n) is 3.92. The minimum atomic E-state index is -3.91. The Hall–Kier alpha value is -2.92. The van der Waals surface area contributed by atoms with E-state index >= 15 is 0 Å². The van der Waals surface area contributed by atoms with E-state index in [2.05, 4.69) is 5.32 Å². The fourth-order valence-corrected chi connectivity index (χ4v) is 3.90. The lowest BCUT2D eigenvalue weighted by Gasteiger charge is -2.30. The molecule has 6 nitrogen and oxygen atoms in total. The van der Waals surface area contributed by atoms with Crippen LogP contribution in [0.25, 0.3) is 0 Å². The Bertz CT molecular complexity index is 953. The molecule has 0 aliphatic rings. The molecule has 0 bridgehead atoms. The largest absolute Gasteiger partial charge is 0.324 e. The summed E-state index contributed by atoms with van der Waals surface area (Å²) >= 11 is 0. The van der Waals surface area contributed by atoms with Crippen molar-refractivity contribution in [3.63, 3.8) is 0 Å². The fraction of sp³-hybridized carbons (Fsp3) is 0.263. The highest BCUT2D eigenvalue weighted by Gasteiger charge is 2.33. The van der Waals surface area contributed by atoms with Crippen molar-refractivity contribution in [1.29, 1.82) is 5.26 Å². The van der Waals surface area contributed by atoms with Crippen molar-refractivity contribution >= 4 is 27.3 Å². The number of hydrogen-bond donors (Lipinski definition) is 1. The monoisotopic (exact) mass is 389 g/mol. The molecule has 1 amide bonds. The van der Waals surface area contributed by atoms with Crippen LogP contribution < -0.4 is 9.62 Å². The number of rotatable bonds is 7. The molecule has 0 saturated carbocycles. The van der Waals surface area contributed by atoms with Gasteiger partial charge in [-0.3, -0.25) is 9.10 Å². The summed E-state index contributed by atoms with van der Waals surface area (Å²) in [7, 11) is -3.91. The third kappa shape index (κ3) is 5.05. The van der Waals surface area contributed by atoms with Crippen LogP contribution in [-0.4, -0.2) is 26.6 Å². The smallest absolute Gasteiger partial charge is 0.248 e. The molecule has 2 aromatic carbocycles. The highest BCUT2D eigenvalue weighted by Crippen LogP contribution is 2.26. The second-order valence-electron chi connectivity index (χ2n) is 5.96. The van der Waals surface area contributed by atoms with E-state index in [1.54, 1.807) is 31.2 Å². The van der Waals surface area contributed by atoms with Crippen LogP contribution in [0.4, 0.5) is 15.8 Å². The van der Waals surface area contributed by atoms with Crippen molar-refractivity contribution in [2.75, 3.05) is 15.9 Å². The average molecular weight is 389 g/mol. The number of sulfonamides is 1. The van der Waals surface area contributed by atoms with E-state index in [9.17, 15) is 17.6 Å². The van der Waals surface area contributed by atoms with Crippen molar-refractivity contribution < 1.29 is 17.6 Å². The summed E-state index contributed by atoms with van der Waals surface area (Å²) in [6.45, 7) is 1.65. The average Bonchev–Trinajstić information content (AvgIpc) is 2.61. The van der Waals surface area contributed by atoms with Crippen LogP contribution in [0.3, 0.4) is 0 Å². The van der Waals surface area contributed by atoms with Crippen LogP contribution >= 0.6 is 0 Å². The molecular formula is C19H20FN3O3S. The molecule has 0 radical (unpaired) electrons. The summed E-state index contributed by atoms with van der Waals surface area (Å²) in [6, 6.07) is 13.0. The molecule has 0 aliphatic heterocycles. The zero-order valence-electron chi connectivity index (χ0n) is 15.0. The molecule has 1 N–H and O–H groups in total. The van der Waals surface area contributed by atoms with E-state index < -0.39 is 27.8 Å². The lowest BCUT2D eigenvalue weighted by atomic mass is 10.1. The van der Waals surface area contributed by atoms with Gasteiger partial charge in [0, 0.05) is 5.69 Å². The molecule has 0 aliphatic carbocycles. The quantitative estimate of drug-likeness (QED) is 0.788. The SMILES string of the molecule is CC[C@@H](C(=O)Nc1ccc(CC#N)cc1)N(c1ccccc1F)S(C)(=O)=O. The van der Waals surface area contributed by atoms with E-state index in [1.165, 1.54) is 18.2 Å². The summed E-state index contributed by atoms with van der Waals surface area (Å²) in [5.41, 5.74) is 1.08. The second kappa shape index (κ2) is 8.64. The summed E-state index contributed by atoms with van der Waals surface area (Å²) in [6.07, 6.45) is 1.34. The van der Waals surface area contributed by atoms with Gasteiger partial charge in [-0.15, -0.1) is 0 Å².